The molecule has 388 valence electrons. The van der Waals surface area contributed by atoms with E-state index < -0.39 is 96.0 Å². The highest BCUT2D eigenvalue weighted by molar-refractivity contribution is 5.78. The molecule has 1 aromatic carbocycles. The third-order valence-corrected chi connectivity index (χ3v) is 15.3. The van der Waals surface area contributed by atoms with Crippen molar-refractivity contribution in [3.05, 3.63) is 42.1 Å². The average Bonchev–Trinajstić information content (AvgIpc) is 3.28. The topological polar surface area (TPSA) is 185 Å². The molecule has 0 aliphatic carbocycles. The molecule has 0 bridgehead atoms. The minimum atomic E-state index is -1.81. The summed E-state index contributed by atoms with van der Waals surface area (Å²) < 4.78 is 45.9. The van der Waals surface area contributed by atoms with Crippen LogP contribution in [0.15, 0.2) is 36.4 Å². The lowest BCUT2D eigenvalue weighted by atomic mass is 9.77. The standard InChI is InChI=1S/C52H88N4O12/c1-16-41-52(10,61)45(57)35(6)56(14)29-31(2)27-50(8,60)47(33(4)43(34(5)48(59)66-41)67-42-28-51(9,62-15)46(58)36(7)65-42)68-49-44(40(54(11)12)26-32(3)64-49)63-25-19-24-55(13)30-38-23-22-37-20-17-18-21-39(37)53-38/h17-18,20-23,31-36,40-47,49,57-58,60-61H,16,19,24-30H2,1-15H3/t31-,32-,33+,34-,35-,36+,40+,41-,42+,43+,44-,45-,46+,47-,49+,50-,51-,52-/m1/s1. The van der Waals surface area contributed by atoms with Gasteiger partial charge in [0.25, 0.3) is 0 Å². The van der Waals surface area contributed by atoms with Crippen molar-refractivity contribution < 1.29 is 58.4 Å². The number of aliphatic hydroxyl groups excluding tert-OH is 2. The summed E-state index contributed by atoms with van der Waals surface area (Å²) in [4.78, 5) is 25.7. The van der Waals surface area contributed by atoms with E-state index in [1.165, 1.54) is 14.0 Å². The molecule has 3 aliphatic rings. The molecule has 16 nitrogen and oxygen atoms in total. The van der Waals surface area contributed by atoms with Crippen LogP contribution in [-0.4, -0.2) is 191 Å². The van der Waals surface area contributed by atoms with Gasteiger partial charge >= 0.3 is 5.97 Å². The van der Waals surface area contributed by atoms with Crippen LogP contribution < -0.4 is 0 Å². The predicted octanol–water partition coefficient (Wildman–Crippen LogP) is 5.00. The Morgan fingerprint density at radius 1 is 0.912 bits per heavy atom. The van der Waals surface area contributed by atoms with Gasteiger partial charge in [-0.1, -0.05) is 45.0 Å². The maximum absolute atomic E-state index is 14.6. The molecule has 0 amide bonds. The quantitative estimate of drug-likeness (QED) is 0.147. The van der Waals surface area contributed by atoms with Gasteiger partial charge in [-0.3, -0.25) is 9.78 Å². The summed E-state index contributed by atoms with van der Waals surface area (Å²) in [7, 11) is 9.52. The summed E-state index contributed by atoms with van der Waals surface area (Å²) in [5, 5.41) is 48.8. The van der Waals surface area contributed by atoms with Crippen molar-refractivity contribution in [3.8, 4) is 0 Å². The number of methoxy groups -OCH3 is 1. The van der Waals surface area contributed by atoms with Crippen molar-refractivity contribution in [2.24, 2.45) is 17.8 Å². The van der Waals surface area contributed by atoms with Crippen LogP contribution in [0, 0.1) is 17.8 Å². The number of hydrogen-bond donors (Lipinski definition) is 4. The molecule has 1 aromatic heterocycles. The molecule has 5 rings (SSSR count). The van der Waals surface area contributed by atoms with Gasteiger partial charge in [0.2, 0.25) is 0 Å². The molecule has 4 heterocycles. The Morgan fingerprint density at radius 3 is 2.26 bits per heavy atom. The summed E-state index contributed by atoms with van der Waals surface area (Å²) in [6.45, 7) is 20.4. The van der Waals surface area contributed by atoms with Gasteiger partial charge in [0.15, 0.2) is 12.6 Å². The number of esters is 1. The third-order valence-electron chi connectivity index (χ3n) is 15.3. The molecule has 3 aliphatic heterocycles. The number of benzene rings is 1. The summed E-state index contributed by atoms with van der Waals surface area (Å²) >= 11 is 0. The molecule has 4 N–H and O–H groups in total. The normalized spacial score (nSPS) is 40.8. The van der Waals surface area contributed by atoms with Crippen LogP contribution in [0.3, 0.4) is 0 Å². The summed E-state index contributed by atoms with van der Waals surface area (Å²) in [5.74, 6) is -2.55. The van der Waals surface area contributed by atoms with E-state index in [0.717, 1.165) is 29.6 Å². The highest BCUT2D eigenvalue weighted by atomic mass is 16.7. The lowest BCUT2D eigenvalue weighted by Crippen LogP contribution is -2.61. The van der Waals surface area contributed by atoms with Crippen molar-refractivity contribution in [2.45, 2.75) is 198 Å². The molecule has 18 atom stereocenters. The maximum atomic E-state index is 14.6. The average molecular weight is 961 g/mol. The van der Waals surface area contributed by atoms with Crippen molar-refractivity contribution in [1.29, 1.82) is 0 Å². The molecular formula is C52H88N4O12. The molecule has 2 aromatic rings. The molecule has 3 saturated heterocycles. The summed E-state index contributed by atoms with van der Waals surface area (Å²) in [5.41, 5.74) is -2.43. The van der Waals surface area contributed by atoms with Gasteiger partial charge < -0.3 is 68.3 Å². The maximum Gasteiger partial charge on any atom is 0.311 e. The smallest absolute Gasteiger partial charge is 0.311 e. The Balaban J connectivity index is 1.49. The number of rotatable bonds is 14. The second-order valence-electron chi connectivity index (χ2n) is 21.6. The van der Waals surface area contributed by atoms with Gasteiger partial charge in [0.1, 0.15) is 30.0 Å². The van der Waals surface area contributed by atoms with E-state index in [2.05, 4.69) is 35.0 Å². The second-order valence-corrected chi connectivity index (χ2v) is 21.6. The number of aromatic nitrogens is 1. The van der Waals surface area contributed by atoms with Crippen LogP contribution in [0.1, 0.15) is 107 Å². The van der Waals surface area contributed by atoms with Gasteiger partial charge in [0.05, 0.1) is 52.7 Å². The Morgan fingerprint density at radius 2 is 1.60 bits per heavy atom. The molecule has 16 heteroatoms. The number of carbonyl (C=O) groups is 1. The summed E-state index contributed by atoms with van der Waals surface area (Å²) in [6.07, 6.45) is -6.62. The van der Waals surface area contributed by atoms with E-state index in [-0.39, 0.29) is 37.3 Å². The van der Waals surface area contributed by atoms with Gasteiger partial charge in [-0.25, -0.2) is 0 Å². The Hall–Kier alpha value is -2.42. The monoisotopic (exact) mass is 961 g/mol. The van der Waals surface area contributed by atoms with E-state index >= 15 is 0 Å². The minimum absolute atomic E-state index is 0.0960. The van der Waals surface area contributed by atoms with E-state index in [0.29, 0.717) is 26.1 Å². The number of nitrogens with zero attached hydrogens (tertiary/aromatic N) is 4. The molecular weight excluding hydrogens is 873 g/mol. The van der Waals surface area contributed by atoms with Gasteiger partial charge in [0, 0.05) is 63.2 Å². The first-order chi connectivity index (χ1) is 31.8. The Bertz CT molecular complexity index is 1890. The number of aliphatic hydroxyl groups is 4. The van der Waals surface area contributed by atoms with Crippen LogP contribution in [0.2, 0.25) is 0 Å². The minimum Gasteiger partial charge on any atom is -0.459 e. The van der Waals surface area contributed by atoms with Crippen molar-refractivity contribution in [2.75, 3.05) is 55.0 Å². The van der Waals surface area contributed by atoms with E-state index in [9.17, 15) is 25.2 Å². The predicted molar refractivity (Wildman–Crippen MR) is 261 cm³/mol. The molecule has 68 heavy (non-hydrogen) atoms. The number of hydrogen-bond acceptors (Lipinski definition) is 16. The van der Waals surface area contributed by atoms with Crippen molar-refractivity contribution >= 4 is 16.9 Å². The van der Waals surface area contributed by atoms with Crippen LogP contribution in [0.4, 0.5) is 0 Å². The van der Waals surface area contributed by atoms with Crippen LogP contribution in [0.25, 0.3) is 10.9 Å². The number of para-hydroxylation sites is 1. The molecule has 3 fully saturated rings. The van der Waals surface area contributed by atoms with E-state index in [1.54, 1.807) is 34.6 Å². The third kappa shape index (κ3) is 13.5. The zero-order chi connectivity index (χ0) is 50.5. The lowest BCUT2D eigenvalue weighted by molar-refractivity contribution is -0.321. The number of pyridine rings is 1. The number of likely N-dealkylation sites (N-methyl/N-ethyl adjacent to an activating group) is 2. The number of fused-ring (bicyclic) bond motifs is 1. The zero-order valence-electron chi connectivity index (χ0n) is 43.8. The molecule has 0 unspecified atom stereocenters. The first-order valence-corrected chi connectivity index (χ1v) is 25.0. The van der Waals surface area contributed by atoms with Crippen LogP contribution in [-0.2, 0) is 44.5 Å². The fourth-order valence-electron chi connectivity index (χ4n) is 11.0. The highest BCUT2D eigenvalue weighted by Crippen LogP contribution is 2.40. The molecule has 0 saturated carbocycles. The SMILES string of the molecule is CC[C@H]1OC(=O)[C@H](C)[C@@H](O[C@H]2C[C@@](C)(OC)[C@@H](O)[C@H](C)O2)[C@H](C)[C@@H](O[C@@H]2O[C@H](C)C[C@H](N(C)C)[C@H]2OCCCN(C)Cc2ccc3ccccc3n2)[C@](C)(O)C[C@@H](C)CN(C)[C@H](C)[C@@H](O)[C@]1(C)O. The van der Waals surface area contributed by atoms with Gasteiger partial charge in [-0.15, -0.1) is 0 Å². The van der Waals surface area contributed by atoms with E-state index in [4.69, 9.17) is 38.1 Å². The molecule has 0 radical (unpaired) electrons. The lowest BCUT2D eigenvalue weighted by Gasteiger charge is -2.49. The highest BCUT2D eigenvalue weighted by Gasteiger charge is 2.53. The number of cyclic esters (lactones) is 1. The van der Waals surface area contributed by atoms with Crippen LogP contribution in [0.5, 0.6) is 0 Å². The Labute approximate surface area is 406 Å². The first-order valence-electron chi connectivity index (χ1n) is 25.0. The first kappa shape index (κ1) is 56.5. The molecule has 0 spiro atoms. The fraction of sp³-hybridized carbons (Fsp3) is 0.808. The van der Waals surface area contributed by atoms with E-state index in [1.807, 2.05) is 71.9 Å². The number of carbonyl (C=O) groups excluding carboxylic acids is 1. The number of ether oxygens (including phenoxy) is 7. The summed E-state index contributed by atoms with van der Waals surface area (Å²) in [6, 6.07) is 11.6. The van der Waals surface area contributed by atoms with Gasteiger partial charge in [-0.05, 0) is 120 Å². The second kappa shape index (κ2) is 23.9. The largest absolute Gasteiger partial charge is 0.459 e. The van der Waals surface area contributed by atoms with Crippen molar-refractivity contribution in [1.82, 2.24) is 19.7 Å². The van der Waals surface area contributed by atoms with Crippen molar-refractivity contribution in [3.63, 3.8) is 0 Å². The zero-order valence-corrected chi connectivity index (χ0v) is 43.8. The van der Waals surface area contributed by atoms with Crippen LogP contribution >= 0.6 is 0 Å². The fourth-order valence-corrected chi connectivity index (χ4v) is 11.0. The van der Waals surface area contributed by atoms with Gasteiger partial charge in [-0.2, -0.15) is 0 Å². The Kier molecular flexibility index (Phi) is 19.8.